The van der Waals surface area contributed by atoms with Crippen molar-refractivity contribution in [3.63, 3.8) is 0 Å². The number of aryl methyl sites for hydroxylation is 1. The fourth-order valence-electron chi connectivity index (χ4n) is 2.41. The molecule has 0 spiro atoms. The summed E-state index contributed by atoms with van der Waals surface area (Å²) in [6.07, 6.45) is 0.799. The van der Waals surface area contributed by atoms with E-state index >= 15 is 0 Å². The van der Waals surface area contributed by atoms with Gasteiger partial charge in [-0.1, -0.05) is 0 Å². The lowest BCUT2D eigenvalue weighted by Gasteiger charge is -2.13. The van der Waals surface area contributed by atoms with Crippen molar-refractivity contribution >= 4 is 17.8 Å². The molecule has 1 aliphatic heterocycles. The molecule has 0 radical (unpaired) electrons. The Morgan fingerprint density at radius 2 is 2.08 bits per heavy atom. The van der Waals surface area contributed by atoms with Gasteiger partial charge in [-0.3, -0.25) is 4.79 Å². The van der Waals surface area contributed by atoms with E-state index in [1.165, 1.54) is 0 Å². The fourth-order valence-corrected chi connectivity index (χ4v) is 2.41. The zero-order valence-corrected chi connectivity index (χ0v) is 14.2. The Bertz CT molecular complexity index is 845. The molecule has 0 amide bonds. The van der Waals surface area contributed by atoms with E-state index in [0.717, 1.165) is 5.76 Å². The first-order valence-electron chi connectivity index (χ1n) is 7.96. The third-order valence-corrected chi connectivity index (χ3v) is 3.61. The van der Waals surface area contributed by atoms with Crippen LogP contribution >= 0.6 is 0 Å². The molecule has 3 rings (SSSR count). The zero-order valence-electron chi connectivity index (χ0n) is 14.2. The second kappa shape index (κ2) is 6.84. The van der Waals surface area contributed by atoms with Gasteiger partial charge < -0.3 is 18.6 Å². The van der Waals surface area contributed by atoms with E-state index in [-0.39, 0.29) is 18.1 Å². The summed E-state index contributed by atoms with van der Waals surface area (Å²) >= 11 is 0. The van der Waals surface area contributed by atoms with E-state index in [4.69, 9.17) is 18.6 Å². The Kier molecular flexibility index (Phi) is 4.61. The Morgan fingerprint density at radius 3 is 2.76 bits per heavy atom. The van der Waals surface area contributed by atoms with Gasteiger partial charge in [0, 0.05) is 12.1 Å². The summed E-state index contributed by atoms with van der Waals surface area (Å²) in [5.74, 6) is 1.59. The normalized spacial score (nSPS) is 15.6. The van der Waals surface area contributed by atoms with Gasteiger partial charge in [-0.2, -0.15) is 0 Å². The highest BCUT2D eigenvalue weighted by Gasteiger charge is 2.28. The molecule has 1 aromatic heterocycles. The second-order valence-corrected chi connectivity index (χ2v) is 5.56. The van der Waals surface area contributed by atoms with Crippen molar-refractivity contribution in [1.29, 1.82) is 0 Å². The average molecular weight is 342 g/mol. The van der Waals surface area contributed by atoms with Crippen LogP contribution in [0, 0.1) is 6.92 Å². The second-order valence-electron chi connectivity index (χ2n) is 5.56. The van der Waals surface area contributed by atoms with E-state index in [1.54, 1.807) is 44.2 Å². The largest absolute Gasteiger partial charge is 0.479 e. The highest BCUT2D eigenvalue weighted by molar-refractivity contribution is 6.14. The Labute approximate surface area is 145 Å². The minimum atomic E-state index is -0.754. The number of ketones is 1. The predicted molar refractivity (Wildman–Crippen MR) is 89.5 cm³/mol. The van der Waals surface area contributed by atoms with Gasteiger partial charge >= 0.3 is 5.97 Å². The van der Waals surface area contributed by atoms with Crippen molar-refractivity contribution in [2.45, 2.75) is 26.9 Å². The molecule has 0 N–H and O–H groups in total. The standard InChI is InChI=1S/C19H18O6/c1-4-22-19(21)12(3)24-14-7-8-15-16(9-14)25-17(18(15)20)10-13-6-5-11(2)23-13/h5-10,12H,4H2,1-3H3. The minimum absolute atomic E-state index is 0.181. The molecule has 1 aliphatic rings. The van der Waals surface area contributed by atoms with Gasteiger partial charge in [-0.05, 0) is 45.0 Å². The predicted octanol–water partition coefficient (Wildman–Crippen LogP) is 3.53. The quantitative estimate of drug-likeness (QED) is 0.611. The number of carbonyl (C=O) groups excluding carboxylic acids is 2. The molecular weight excluding hydrogens is 324 g/mol. The third kappa shape index (κ3) is 3.57. The molecule has 0 fully saturated rings. The van der Waals surface area contributed by atoms with E-state index in [1.807, 2.05) is 13.0 Å². The summed E-state index contributed by atoms with van der Waals surface area (Å²) in [6, 6.07) is 8.38. The summed E-state index contributed by atoms with van der Waals surface area (Å²) in [5.41, 5.74) is 0.436. The molecule has 1 aromatic carbocycles. The average Bonchev–Trinajstić information content (AvgIpc) is 3.11. The van der Waals surface area contributed by atoms with Crippen molar-refractivity contribution < 1.29 is 28.2 Å². The molecule has 2 heterocycles. The summed E-state index contributed by atoms with van der Waals surface area (Å²) in [6.45, 7) is 5.44. The number of benzene rings is 1. The summed E-state index contributed by atoms with van der Waals surface area (Å²) in [5, 5.41) is 0. The zero-order chi connectivity index (χ0) is 18.0. The Morgan fingerprint density at radius 1 is 1.28 bits per heavy atom. The van der Waals surface area contributed by atoms with Crippen LogP contribution in [-0.2, 0) is 9.53 Å². The molecule has 0 saturated heterocycles. The SMILES string of the molecule is CCOC(=O)C(C)Oc1ccc2c(c1)OC(=Cc1ccc(C)o1)C2=O. The number of hydrogen-bond acceptors (Lipinski definition) is 6. The Balaban J connectivity index is 1.77. The van der Waals surface area contributed by atoms with E-state index < -0.39 is 12.1 Å². The first-order valence-corrected chi connectivity index (χ1v) is 7.96. The molecular formula is C19H18O6. The maximum Gasteiger partial charge on any atom is 0.347 e. The molecule has 130 valence electrons. The van der Waals surface area contributed by atoms with E-state index in [9.17, 15) is 9.59 Å². The maximum absolute atomic E-state index is 12.4. The smallest absolute Gasteiger partial charge is 0.347 e. The van der Waals surface area contributed by atoms with Crippen molar-refractivity contribution in [2.24, 2.45) is 0 Å². The van der Waals surface area contributed by atoms with Crippen LogP contribution in [0.5, 0.6) is 11.5 Å². The van der Waals surface area contributed by atoms with Crippen molar-refractivity contribution in [2.75, 3.05) is 6.61 Å². The van der Waals surface area contributed by atoms with Crippen LogP contribution in [0.2, 0.25) is 0 Å². The number of rotatable bonds is 5. The number of hydrogen-bond donors (Lipinski definition) is 0. The summed E-state index contributed by atoms with van der Waals surface area (Å²) < 4.78 is 21.5. The van der Waals surface area contributed by atoms with Crippen LogP contribution in [0.25, 0.3) is 6.08 Å². The van der Waals surface area contributed by atoms with Gasteiger partial charge in [0.2, 0.25) is 5.78 Å². The fraction of sp³-hybridized carbons (Fsp3) is 0.263. The number of esters is 1. The summed E-state index contributed by atoms with van der Waals surface area (Å²) in [7, 11) is 0. The van der Waals surface area contributed by atoms with Gasteiger partial charge in [0.25, 0.3) is 0 Å². The molecule has 1 unspecified atom stereocenters. The Hall–Kier alpha value is -3.02. The topological polar surface area (TPSA) is 75.0 Å². The highest BCUT2D eigenvalue weighted by atomic mass is 16.6. The van der Waals surface area contributed by atoms with E-state index in [2.05, 4.69) is 0 Å². The molecule has 6 heteroatoms. The molecule has 0 bridgehead atoms. The lowest BCUT2D eigenvalue weighted by Crippen LogP contribution is -2.26. The van der Waals surface area contributed by atoms with Crippen LogP contribution < -0.4 is 9.47 Å². The lowest BCUT2D eigenvalue weighted by atomic mass is 10.1. The first-order chi connectivity index (χ1) is 12.0. The number of furan rings is 1. The number of ether oxygens (including phenoxy) is 3. The number of allylic oxidation sites excluding steroid dienone is 1. The number of carbonyl (C=O) groups is 2. The lowest BCUT2D eigenvalue weighted by molar-refractivity contribution is -0.150. The van der Waals surface area contributed by atoms with E-state index in [0.29, 0.717) is 22.8 Å². The molecule has 6 nitrogen and oxygen atoms in total. The minimum Gasteiger partial charge on any atom is -0.479 e. The van der Waals surface area contributed by atoms with Gasteiger partial charge in [0.15, 0.2) is 11.9 Å². The molecule has 1 atom stereocenters. The summed E-state index contributed by atoms with van der Waals surface area (Å²) in [4.78, 5) is 24.0. The van der Waals surface area contributed by atoms with Crippen LogP contribution in [0.3, 0.4) is 0 Å². The highest BCUT2D eigenvalue weighted by Crippen LogP contribution is 2.35. The third-order valence-electron chi connectivity index (χ3n) is 3.61. The van der Waals surface area contributed by atoms with Gasteiger partial charge in [-0.15, -0.1) is 0 Å². The monoisotopic (exact) mass is 342 g/mol. The van der Waals surface area contributed by atoms with Crippen LogP contribution in [0.1, 0.15) is 35.7 Å². The van der Waals surface area contributed by atoms with Crippen molar-refractivity contribution in [3.05, 3.63) is 53.2 Å². The maximum atomic E-state index is 12.4. The van der Waals surface area contributed by atoms with Crippen LogP contribution in [-0.4, -0.2) is 24.5 Å². The van der Waals surface area contributed by atoms with Crippen molar-refractivity contribution in [3.8, 4) is 11.5 Å². The molecule has 25 heavy (non-hydrogen) atoms. The number of Topliss-reactive ketones (excluding diaryl/α,β-unsaturated/α-hetero) is 1. The molecule has 2 aromatic rings. The molecule has 0 aliphatic carbocycles. The van der Waals surface area contributed by atoms with Gasteiger partial charge in [0.1, 0.15) is 23.0 Å². The first kappa shape index (κ1) is 16.8. The van der Waals surface area contributed by atoms with Crippen LogP contribution in [0.4, 0.5) is 0 Å². The van der Waals surface area contributed by atoms with Gasteiger partial charge in [0.05, 0.1) is 12.2 Å². The van der Waals surface area contributed by atoms with Crippen molar-refractivity contribution in [1.82, 2.24) is 0 Å². The van der Waals surface area contributed by atoms with Gasteiger partial charge in [-0.25, -0.2) is 4.79 Å². The molecule has 0 saturated carbocycles. The van der Waals surface area contributed by atoms with Crippen LogP contribution in [0.15, 0.2) is 40.5 Å². The number of fused-ring (bicyclic) bond motifs is 1.